The highest BCUT2D eigenvalue weighted by atomic mass is 19.1. The number of rotatable bonds is 9. The summed E-state index contributed by atoms with van der Waals surface area (Å²) in [5.41, 5.74) is 0.863. The number of aryl methyl sites for hydroxylation is 1. The van der Waals surface area contributed by atoms with Gasteiger partial charge in [-0.15, -0.1) is 0 Å². The van der Waals surface area contributed by atoms with E-state index >= 15 is 0 Å². The highest BCUT2D eigenvalue weighted by Gasteiger charge is 2.27. The first-order valence-electron chi connectivity index (χ1n) is 11.4. The number of halogens is 2. The van der Waals surface area contributed by atoms with Gasteiger partial charge in [-0.1, -0.05) is 19.9 Å². The van der Waals surface area contributed by atoms with E-state index in [1.165, 1.54) is 42.1 Å². The van der Waals surface area contributed by atoms with E-state index in [2.05, 4.69) is 10.3 Å². The minimum Gasteiger partial charge on any atom is -0.347 e. The SMILES string of the molecule is CC(=O)C[C@H](NC(=O)[C@@H](CC(C)C)n1ccc(C)cc1=O)c1cncc(-c2c(F)cccc2F)c1. The fraction of sp³-hybridized carbons (Fsp3) is 0.333. The summed E-state index contributed by atoms with van der Waals surface area (Å²) in [6, 6.07) is 6.71. The van der Waals surface area contributed by atoms with Crippen LogP contribution < -0.4 is 10.9 Å². The first kappa shape index (κ1) is 25.9. The van der Waals surface area contributed by atoms with Gasteiger partial charge in [0, 0.05) is 36.6 Å². The minimum atomic E-state index is -0.794. The molecule has 2 atom stereocenters. The zero-order valence-corrected chi connectivity index (χ0v) is 20.2. The molecule has 0 saturated heterocycles. The molecule has 35 heavy (non-hydrogen) atoms. The predicted octanol–water partition coefficient (Wildman–Crippen LogP) is 4.92. The van der Waals surface area contributed by atoms with Gasteiger partial charge in [0.15, 0.2) is 0 Å². The summed E-state index contributed by atoms with van der Waals surface area (Å²) in [7, 11) is 0. The average Bonchev–Trinajstić information content (AvgIpc) is 2.77. The molecule has 0 fully saturated rings. The van der Waals surface area contributed by atoms with Crippen LogP contribution in [0.1, 0.15) is 56.8 Å². The number of carbonyl (C=O) groups excluding carboxylic acids is 2. The molecular weight excluding hydrogens is 452 g/mol. The summed E-state index contributed by atoms with van der Waals surface area (Å²) in [4.78, 5) is 42.2. The Labute approximate surface area is 203 Å². The van der Waals surface area contributed by atoms with Gasteiger partial charge < -0.3 is 9.88 Å². The molecule has 0 aliphatic heterocycles. The van der Waals surface area contributed by atoms with Crippen LogP contribution in [0.2, 0.25) is 0 Å². The quantitative estimate of drug-likeness (QED) is 0.470. The Morgan fingerprint density at radius 3 is 2.37 bits per heavy atom. The predicted molar refractivity (Wildman–Crippen MR) is 130 cm³/mol. The molecule has 0 saturated carbocycles. The van der Waals surface area contributed by atoms with Crippen LogP contribution in [0.25, 0.3) is 11.1 Å². The first-order chi connectivity index (χ1) is 16.6. The molecule has 0 radical (unpaired) electrons. The summed E-state index contributed by atoms with van der Waals surface area (Å²) < 4.78 is 30.1. The normalized spacial score (nSPS) is 12.9. The second kappa shape index (κ2) is 11.2. The standard InChI is InChI=1S/C27H29F2N3O3/c1-16(2)10-24(32-9-8-17(3)11-25(32)34)27(35)31-23(12-18(4)33)19-13-20(15-30-14-19)26-21(28)6-5-7-22(26)29/h5-9,11,13-16,23-24H,10,12H2,1-4H3,(H,31,35)/t23-,24+/m0/s1. The van der Waals surface area contributed by atoms with Gasteiger partial charge in [0.25, 0.3) is 5.56 Å². The van der Waals surface area contributed by atoms with Crippen molar-refractivity contribution in [1.82, 2.24) is 14.9 Å². The van der Waals surface area contributed by atoms with Crippen LogP contribution in [0.5, 0.6) is 0 Å². The van der Waals surface area contributed by atoms with E-state index in [-0.39, 0.29) is 34.8 Å². The van der Waals surface area contributed by atoms with Gasteiger partial charge in [0.05, 0.1) is 11.6 Å². The van der Waals surface area contributed by atoms with E-state index in [9.17, 15) is 23.2 Å². The van der Waals surface area contributed by atoms with Crippen LogP contribution in [0.3, 0.4) is 0 Å². The molecule has 0 bridgehead atoms. The molecule has 1 amide bonds. The molecule has 2 aromatic heterocycles. The largest absolute Gasteiger partial charge is 0.347 e. The molecule has 2 heterocycles. The number of ketones is 1. The smallest absolute Gasteiger partial charge is 0.251 e. The number of carbonyl (C=O) groups is 2. The number of Topliss-reactive ketones (excluding diaryl/α,β-unsaturated/α-hetero) is 1. The molecule has 3 rings (SSSR count). The lowest BCUT2D eigenvalue weighted by molar-refractivity contribution is -0.126. The molecule has 0 aliphatic rings. The number of hydrogen-bond donors (Lipinski definition) is 1. The zero-order chi connectivity index (χ0) is 25.7. The van der Waals surface area contributed by atoms with Crippen molar-refractivity contribution < 1.29 is 18.4 Å². The molecule has 0 spiro atoms. The van der Waals surface area contributed by atoms with Crippen molar-refractivity contribution >= 4 is 11.7 Å². The Kier molecular flexibility index (Phi) is 8.27. The van der Waals surface area contributed by atoms with Gasteiger partial charge in [-0.3, -0.25) is 19.4 Å². The monoisotopic (exact) mass is 481 g/mol. The summed E-state index contributed by atoms with van der Waals surface area (Å²) >= 11 is 0. The van der Waals surface area contributed by atoms with Crippen molar-refractivity contribution in [3.8, 4) is 11.1 Å². The number of hydrogen-bond acceptors (Lipinski definition) is 4. The summed E-state index contributed by atoms with van der Waals surface area (Å²) in [6.45, 7) is 7.08. The highest BCUT2D eigenvalue weighted by Crippen LogP contribution is 2.29. The summed E-state index contributed by atoms with van der Waals surface area (Å²) in [6.07, 6.45) is 4.72. The van der Waals surface area contributed by atoms with Crippen LogP contribution in [0.15, 0.2) is 59.8 Å². The Morgan fingerprint density at radius 2 is 1.77 bits per heavy atom. The van der Waals surface area contributed by atoms with Gasteiger partial charge in [-0.05, 0) is 61.6 Å². The Bertz CT molecular complexity index is 1270. The average molecular weight is 482 g/mol. The van der Waals surface area contributed by atoms with E-state index in [1.54, 1.807) is 19.2 Å². The molecule has 3 aromatic rings. The molecule has 6 nitrogen and oxygen atoms in total. The van der Waals surface area contributed by atoms with Gasteiger partial charge in [-0.25, -0.2) is 8.78 Å². The van der Waals surface area contributed by atoms with E-state index in [1.807, 2.05) is 13.8 Å². The fourth-order valence-corrected chi connectivity index (χ4v) is 4.01. The maximum absolute atomic E-state index is 14.3. The van der Waals surface area contributed by atoms with Crippen molar-refractivity contribution in [2.45, 2.75) is 52.6 Å². The number of nitrogens with zero attached hydrogens (tertiary/aromatic N) is 2. The maximum atomic E-state index is 14.3. The van der Waals surface area contributed by atoms with Crippen molar-refractivity contribution in [2.75, 3.05) is 0 Å². The molecule has 0 unspecified atom stereocenters. The van der Waals surface area contributed by atoms with Crippen molar-refractivity contribution in [3.63, 3.8) is 0 Å². The van der Waals surface area contributed by atoms with E-state index in [0.29, 0.717) is 12.0 Å². The zero-order valence-electron chi connectivity index (χ0n) is 20.2. The topological polar surface area (TPSA) is 81.1 Å². The molecule has 0 aliphatic carbocycles. The van der Waals surface area contributed by atoms with Crippen LogP contribution >= 0.6 is 0 Å². The Balaban J connectivity index is 1.98. The van der Waals surface area contributed by atoms with Crippen molar-refractivity contribution in [3.05, 3.63) is 88.1 Å². The first-order valence-corrected chi connectivity index (χ1v) is 11.4. The number of nitrogens with one attached hydrogen (secondary N) is 1. The van der Waals surface area contributed by atoms with Crippen LogP contribution in [-0.2, 0) is 9.59 Å². The van der Waals surface area contributed by atoms with E-state index in [0.717, 1.165) is 17.7 Å². The van der Waals surface area contributed by atoms with Gasteiger partial charge >= 0.3 is 0 Å². The maximum Gasteiger partial charge on any atom is 0.251 e. The lowest BCUT2D eigenvalue weighted by Crippen LogP contribution is -2.40. The van der Waals surface area contributed by atoms with Crippen LogP contribution in [-0.4, -0.2) is 21.2 Å². The molecular formula is C27H29F2N3O3. The third kappa shape index (κ3) is 6.47. The Morgan fingerprint density at radius 1 is 1.09 bits per heavy atom. The van der Waals surface area contributed by atoms with Gasteiger partial charge in [0.1, 0.15) is 23.5 Å². The second-order valence-corrected chi connectivity index (χ2v) is 9.17. The molecule has 1 N–H and O–H groups in total. The molecule has 184 valence electrons. The number of aromatic nitrogens is 2. The van der Waals surface area contributed by atoms with E-state index < -0.39 is 29.6 Å². The fourth-order valence-electron chi connectivity index (χ4n) is 4.01. The van der Waals surface area contributed by atoms with Crippen LogP contribution in [0.4, 0.5) is 8.78 Å². The Hall–Kier alpha value is -3.68. The van der Waals surface area contributed by atoms with Crippen molar-refractivity contribution in [2.24, 2.45) is 5.92 Å². The number of benzene rings is 1. The second-order valence-electron chi connectivity index (χ2n) is 9.17. The molecule has 1 aromatic carbocycles. The third-order valence-corrected chi connectivity index (χ3v) is 5.66. The minimum absolute atomic E-state index is 0.0478. The number of pyridine rings is 2. The summed E-state index contributed by atoms with van der Waals surface area (Å²) in [5, 5.41) is 2.87. The van der Waals surface area contributed by atoms with Crippen LogP contribution in [0, 0.1) is 24.5 Å². The van der Waals surface area contributed by atoms with Gasteiger partial charge in [0.2, 0.25) is 5.91 Å². The lowest BCUT2D eigenvalue weighted by atomic mass is 9.97. The lowest BCUT2D eigenvalue weighted by Gasteiger charge is -2.25. The summed E-state index contributed by atoms with van der Waals surface area (Å²) in [5.74, 6) is -2.00. The number of amides is 1. The van der Waals surface area contributed by atoms with E-state index in [4.69, 9.17) is 0 Å². The highest BCUT2D eigenvalue weighted by molar-refractivity contribution is 5.82. The van der Waals surface area contributed by atoms with Gasteiger partial charge in [-0.2, -0.15) is 0 Å². The molecule has 8 heteroatoms. The van der Waals surface area contributed by atoms with Crippen molar-refractivity contribution in [1.29, 1.82) is 0 Å². The third-order valence-electron chi connectivity index (χ3n) is 5.66.